The molecule has 2 atom stereocenters. The molecule has 6 nitrogen and oxygen atoms in total. The van der Waals surface area contributed by atoms with Gasteiger partial charge >= 0.3 is 0 Å². The van der Waals surface area contributed by atoms with Crippen molar-refractivity contribution in [3.63, 3.8) is 0 Å². The van der Waals surface area contributed by atoms with Crippen molar-refractivity contribution < 1.29 is 9.90 Å². The molecule has 24 heavy (non-hydrogen) atoms. The van der Waals surface area contributed by atoms with Crippen molar-refractivity contribution in [2.24, 2.45) is 0 Å². The lowest BCUT2D eigenvalue weighted by molar-refractivity contribution is 0.0848. The fourth-order valence-electron chi connectivity index (χ4n) is 3.70. The highest BCUT2D eigenvalue weighted by molar-refractivity contribution is 6.30. The maximum atomic E-state index is 13.2. The summed E-state index contributed by atoms with van der Waals surface area (Å²) < 4.78 is 1.46. The number of carbonyl (C=O) groups excluding carboxylic acids is 1. The summed E-state index contributed by atoms with van der Waals surface area (Å²) in [6.45, 7) is 0.725. The number of anilines is 2. The number of nitrogens with zero attached hydrogens (tertiary/aromatic N) is 2. The number of aromatic nitrogens is 2. The normalized spacial score (nSPS) is 22.4. The number of benzene rings is 1. The van der Waals surface area contributed by atoms with Crippen LogP contribution in [0.25, 0.3) is 0 Å². The van der Waals surface area contributed by atoms with E-state index in [0.29, 0.717) is 36.5 Å². The molecule has 2 aromatic rings. The summed E-state index contributed by atoms with van der Waals surface area (Å²) in [6, 6.07) is 5.56. The molecule has 2 aliphatic rings. The second-order valence-electron chi connectivity index (χ2n) is 6.46. The first kappa shape index (κ1) is 15.5. The summed E-state index contributed by atoms with van der Waals surface area (Å²) in [5.74, 6) is -0.0306. The molecule has 4 N–H and O–H groups in total. The standard InChI is InChI=1S/C17H19ClN4O2/c18-9-1-3-14-12(7-9)11(5-6-20-14)17(24)22-15-4-2-10(23)8-13(15)16(19)21-22/h1,3,7,10-11,20,23H,2,4-6,8H2,(H2,19,21)/t10-,11+/m0/s1. The van der Waals surface area contributed by atoms with E-state index in [1.807, 2.05) is 18.2 Å². The van der Waals surface area contributed by atoms with Gasteiger partial charge in [0.05, 0.1) is 17.7 Å². The number of rotatable bonds is 1. The highest BCUT2D eigenvalue weighted by Crippen LogP contribution is 2.36. The third-order valence-electron chi connectivity index (χ3n) is 4.92. The van der Waals surface area contributed by atoms with Gasteiger partial charge in [-0.3, -0.25) is 4.79 Å². The topological polar surface area (TPSA) is 93.2 Å². The molecule has 0 saturated heterocycles. The summed E-state index contributed by atoms with van der Waals surface area (Å²) in [4.78, 5) is 13.2. The Balaban J connectivity index is 1.74. The molecule has 1 aliphatic heterocycles. The number of hydrogen-bond acceptors (Lipinski definition) is 5. The maximum Gasteiger partial charge on any atom is 0.254 e. The highest BCUT2D eigenvalue weighted by atomic mass is 35.5. The minimum atomic E-state index is -0.411. The summed E-state index contributed by atoms with van der Waals surface area (Å²) in [5.41, 5.74) is 9.47. The molecule has 0 spiro atoms. The minimum absolute atomic E-state index is 0.0793. The zero-order valence-electron chi connectivity index (χ0n) is 13.1. The monoisotopic (exact) mass is 346 g/mol. The lowest BCUT2D eigenvalue weighted by atomic mass is 9.89. The zero-order chi connectivity index (χ0) is 16.8. The van der Waals surface area contributed by atoms with Gasteiger partial charge in [-0.1, -0.05) is 11.6 Å². The second-order valence-corrected chi connectivity index (χ2v) is 6.89. The molecule has 1 aromatic heterocycles. The van der Waals surface area contributed by atoms with Crippen LogP contribution in [-0.2, 0) is 12.8 Å². The van der Waals surface area contributed by atoms with Crippen LogP contribution in [0.3, 0.4) is 0 Å². The van der Waals surface area contributed by atoms with Crippen LogP contribution in [0.5, 0.6) is 0 Å². The molecule has 0 saturated carbocycles. The van der Waals surface area contributed by atoms with E-state index in [1.54, 1.807) is 0 Å². The predicted molar refractivity (Wildman–Crippen MR) is 92.6 cm³/mol. The number of fused-ring (bicyclic) bond motifs is 2. The predicted octanol–water partition coefficient (Wildman–Crippen LogP) is 2.21. The van der Waals surface area contributed by atoms with Crippen molar-refractivity contribution >= 4 is 29.0 Å². The van der Waals surface area contributed by atoms with Crippen molar-refractivity contribution in [2.45, 2.75) is 37.7 Å². The molecule has 0 radical (unpaired) electrons. The van der Waals surface area contributed by atoms with Crippen LogP contribution in [0, 0.1) is 0 Å². The Labute approximate surface area is 144 Å². The van der Waals surface area contributed by atoms with Gasteiger partial charge in [-0.25, -0.2) is 4.68 Å². The van der Waals surface area contributed by atoms with Crippen LogP contribution < -0.4 is 11.1 Å². The fraction of sp³-hybridized carbons (Fsp3) is 0.412. The quantitative estimate of drug-likeness (QED) is 0.736. The minimum Gasteiger partial charge on any atom is -0.393 e. The number of nitrogens with one attached hydrogen (secondary N) is 1. The molecule has 0 bridgehead atoms. The number of hydrogen-bond donors (Lipinski definition) is 3. The summed E-state index contributed by atoms with van der Waals surface area (Å²) in [5, 5.41) is 18.0. The van der Waals surface area contributed by atoms with Crippen LogP contribution in [-0.4, -0.2) is 33.4 Å². The average Bonchev–Trinajstić information content (AvgIpc) is 2.90. The summed E-state index contributed by atoms with van der Waals surface area (Å²) >= 11 is 6.12. The fourth-order valence-corrected chi connectivity index (χ4v) is 3.88. The molecule has 2 heterocycles. The molecule has 1 aromatic carbocycles. The SMILES string of the molecule is Nc1nn(C(=O)[C@@H]2CCNc3ccc(Cl)cc32)c2c1C[C@@H](O)CC2. The molecule has 126 valence electrons. The van der Waals surface area contributed by atoms with Gasteiger partial charge in [-0.2, -0.15) is 0 Å². The van der Waals surface area contributed by atoms with E-state index >= 15 is 0 Å². The Hall–Kier alpha value is -2.05. The summed E-state index contributed by atoms with van der Waals surface area (Å²) in [7, 11) is 0. The number of nitrogens with two attached hydrogens (primary N) is 1. The second kappa shape index (κ2) is 5.79. The smallest absolute Gasteiger partial charge is 0.254 e. The van der Waals surface area contributed by atoms with Crippen LogP contribution in [0.15, 0.2) is 18.2 Å². The van der Waals surface area contributed by atoms with Gasteiger partial charge in [0.2, 0.25) is 0 Å². The Morgan fingerprint density at radius 3 is 3.08 bits per heavy atom. The first-order valence-electron chi connectivity index (χ1n) is 8.16. The third-order valence-corrected chi connectivity index (χ3v) is 5.15. The van der Waals surface area contributed by atoms with Crippen LogP contribution >= 0.6 is 11.6 Å². The molecule has 0 unspecified atom stereocenters. The number of aliphatic hydroxyl groups excluding tert-OH is 1. The van der Waals surface area contributed by atoms with Crippen LogP contribution in [0.2, 0.25) is 5.02 Å². The summed E-state index contributed by atoms with van der Waals surface area (Å²) in [6.07, 6.45) is 1.97. The Bertz CT molecular complexity index is 817. The lowest BCUT2D eigenvalue weighted by Gasteiger charge is -2.26. The largest absolute Gasteiger partial charge is 0.393 e. The van der Waals surface area contributed by atoms with Crippen molar-refractivity contribution in [1.29, 1.82) is 0 Å². The molecular weight excluding hydrogens is 328 g/mol. The Morgan fingerprint density at radius 2 is 2.25 bits per heavy atom. The van der Waals surface area contributed by atoms with E-state index < -0.39 is 6.10 Å². The Morgan fingerprint density at radius 1 is 1.42 bits per heavy atom. The lowest BCUT2D eigenvalue weighted by Crippen LogP contribution is -2.30. The van der Waals surface area contributed by atoms with Gasteiger partial charge in [0, 0.05) is 29.2 Å². The zero-order valence-corrected chi connectivity index (χ0v) is 13.9. The van der Waals surface area contributed by atoms with E-state index in [2.05, 4.69) is 10.4 Å². The molecule has 4 rings (SSSR count). The first-order chi connectivity index (χ1) is 11.5. The number of aliphatic hydroxyl groups is 1. The number of nitrogen functional groups attached to an aromatic ring is 1. The number of halogens is 1. The number of carbonyl (C=O) groups is 1. The van der Waals surface area contributed by atoms with Gasteiger partial charge in [-0.05, 0) is 43.0 Å². The van der Waals surface area contributed by atoms with Gasteiger partial charge in [0.1, 0.15) is 5.82 Å². The molecule has 0 fully saturated rings. The molecule has 0 amide bonds. The molecule has 1 aliphatic carbocycles. The van der Waals surface area contributed by atoms with Crippen molar-refractivity contribution in [2.75, 3.05) is 17.6 Å². The van der Waals surface area contributed by atoms with E-state index in [1.165, 1.54) is 4.68 Å². The van der Waals surface area contributed by atoms with Gasteiger partial charge in [0.25, 0.3) is 5.91 Å². The van der Waals surface area contributed by atoms with Crippen LogP contribution in [0.1, 0.15) is 40.4 Å². The van der Waals surface area contributed by atoms with E-state index in [9.17, 15) is 9.90 Å². The maximum absolute atomic E-state index is 13.2. The first-order valence-corrected chi connectivity index (χ1v) is 8.54. The Kier molecular flexibility index (Phi) is 3.73. The molecular formula is C17H19ClN4O2. The van der Waals surface area contributed by atoms with E-state index in [0.717, 1.165) is 29.1 Å². The molecule has 7 heteroatoms. The van der Waals surface area contributed by atoms with Crippen molar-refractivity contribution in [3.8, 4) is 0 Å². The van der Waals surface area contributed by atoms with Gasteiger partial charge < -0.3 is 16.2 Å². The van der Waals surface area contributed by atoms with Gasteiger partial charge in [0.15, 0.2) is 0 Å². The van der Waals surface area contributed by atoms with E-state index in [4.69, 9.17) is 17.3 Å². The highest BCUT2D eigenvalue weighted by Gasteiger charge is 2.32. The average molecular weight is 347 g/mol. The van der Waals surface area contributed by atoms with Gasteiger partial charge in [-0.15, -0.1) is 5.10 Å². The van der Waals surface area contributed by atoms with Crippen molar-refractivity contribution in [3.05, 3.63) is 40.0 Å². The van der Waals surface area contributed by atoms with Crippen LogP contribution in [0.4, 0.5) is 11.5 Å². The van der Waals surface area contributed by atoms with E-state index in [-0.39, 0.29) is 11.8 Å². The van der Waals surface area contributed by atoms with Crippen molar-refractivity contribution in [1.82, 2.24) is 9.78 Å². The third kappa shape index (κ3) is 2.46.